The van der Waals surface area contributed by atoms with Crippen molar-refractivity contribution in [2.24, 2.45) is 0 Å². The molecule has 0 aliphatic heterocycles. The highest BCUT2D eigenvalue weighted by molar-refractivity contribution is 5.87. The Morgan fingerprint density at radius 2 is 1.67 bits per heavy atom. The Balaban J connectivity index is 2.32. The van der Waals surface area contributed by atoms with Gasteiger partial charge in [0.2, 0.25) is 0 Å². The van der Waals surface area contributed by atoms with E-state index >= 15 is 0 Å². The second-order valence-electron chi connectivity index (χ2n) is 7.76. The van der Waals surface area contributed by atoms with Gasteiger partial charge < -0.3 is 20.7 Å². The Morgan fingerprint density at radius 1 is 1.11 bits per heavy atom. The molecule has 1 aromatic heterocycles. The second-order valence-corrected chi connectivity index (χ2v) is 7.76. The summed E-state index contributed by atoms with van der Waals surface area (Å²) in [6.07, 6.45) is 5.54. The Hall–Kier alpha value is -2.13. The molecule has 9 nitrogen and oxygen atoms in total. The fraction of sp³-hybridized carbons (Fsp3) is 0.722. The van der Waals surface area contributed by atoms with Crippen LogP contribution in [0.1, 0.15) is 53.9 Å². The van der Waals surface area contributed by atoms with Crippen LogP contribution >= 0.6 is 0 Å². The number of hydrogen-bond acceptors (Lipinski definition) is 7. The number of ketones is 2. The standard InChI is InChI=1S/C18H31N5O4/c1-14(24)17(2,3)20-9-7-6-8-10-21-18(4,5)15(25)13-22-12-11-19-16(22)23(26)27/h11-12,20-21H,6-10,13H2,1-5H3. The number of carbonyl (C=O) groups excluding carboxylic acids is 2. The molecule has 1 heterocycles. The molecular weight excluding hydrogens is 350 g/mol. The molecule has 0 saturated carbocycles. The maximum Gasteiger partial charge on any atom is 0.434 e. The average Bonchev–Trinajstić information content (AvgIpc) is 3.02. The van der Waals surface area contributed by atoms with E-state index in [0.29, 0.717) is 6.54 Å². The molecule has 0 aliphatic rings. The monoisotopic (exact) mass is 381 g/mol. The van der Waals surface area contributed by atoms with Crippen LogP contribution in [0.15, 0.2) is 12.4 Å². The maximum atomic E-state index is 12.5. The van der Waals surface area contributed by atoms with Gasteiger partial charge in [0.05, 0.1) is 11.1 Å². The summed E-state index contributed by atoms with van der Waals surface area (Å²) in [6, 6.07) is 0. The van der Waals surface area contributed by atoms with E-state index in [9.17, 15) is 19.7 Å². The highest BCUT2D eigenvalue weighted by Crippen LogP contribution is 2.12. The van der Waals surface area contributed by atoms with E-state index in [1.807, 2.05) is 13.8 Å². The van der Waals surface area contributed by atoms with E-state index < -0.39 is 16.0 Å². The lowest BCUT2D eigenvalue weighted by Crippen LogP contribution is -2.48. The fourth-order valence-corrected chi connectivity index (χ4v) is 2.40. The lowest BCUT2D eigenvalue weighted by molar-refractivity contribution is -0.396. The van der Waals surface area contributed by atoms with Crippen molar-refractivity contribution in [3.63, 3.8) is 0 Å². The first-order chi connectivity index (χ1) is 12.5. The lowest BCUT2D eigenvalue weighted by Gasteiger charge is -2.25. The van der Waals surface area contributed by atoms with Gasteiger partial charge >= 0.3 is 5.95 Å². The van der Waals surface area contributed by atoms with Gasteiger partial charge in [-0.25, -0.2) is 4.57 Å². The normalized spacial score (nSPS) is 12.2. The molecule has 0 saturated heterocycles. The Morgan fingerprint density at radius 3 is 2.19 bits per heavy atom. The number of unbranched alkanes of at least 4 members (excludes halogenated alkanes) is 2. The number of nitro groups is 1. The molecule has 0 atom stereocenters. The van der Waals surface area contributed by atoms with Crippen LogP contribution in [0.3, 0.4) is 0 Å². The van der Waals surface area contributed by atoms with Gasteiger partial charge in [-0.3, -0.25) is 9.59 Å². The third kappa shape index (κ3) is 7.18. The Kier molecular flexibility index (Phi) is 8.23. The second kappa shape index (κ2) is 9.70. The maximum absolute atomic E-state index is 12.5. The minimum atomic E-state index is -0.785. The first-order valence-corrected chi connectivity index (χ1v) is 9.17. The van der Waals surface area contributed by atoms with Gasteiger partial charge in [0.1, 0.15) is 24.7 Å². The van der Waals surface area contributed by atoms with Crippen LogP contribution in [-0.4, -0.2) is 50.2 Å². The molecule has 0 bridgehead atoms. The zero-order chi connectivity index (χ0) is 20.7. The topological polar surface area (TPSA) is 119 Å². The van der Waals surface area contributed by atoms with E-state index in [4.69, 9.17) is 0 Å². The van der Waals surface area contributed by atoms with Crippen molar-refractivity contribution >= 4 is 17.5 Å². The van der Waals surface area contributed by atoms with Gasteiger partial charge in [-0.1, -0.05) is 11.4 Å². The van der Waals surface area contributed by atoms with Crippen LogP contribution in [0.5, 0.6) is 0 Å². The molecule has 0 spiro atoms. The molecule has 0 aliphatic carbocycles. The minimum absolute atomic E-state index is 0.0969. The van der Waals surface area contributed by atoms with Crippen molar-refractivity contribution < 1.29 is 14.5 Å². The number of nitrogens with one attached hydrogen (secondary N) is 2. The Bertz CT molecular complexity index is 666. The summed E-state index contributed by atoms with van der Waals surface area (Å²) < 4.78 is 1.24. The molecule has 2 N–H and O–H groups in total. The molecule has 0 aromatic carbocycles. The van der Waals surface area contributed by atoms with Crippen LogP contribution in [0.2, 0.25) is 0 Å². The van der Waals surface area contributed by atoms with E-state index in [-0.39, 0.29) is 24.1 Å². The number of imidazole rings is 1. The number of rotatable bonds is 13. The molecule has 1 aromatic rings. The van der Waals surface area contributed by atoms with Crippen LogP contribution < -0.4 is 10.6 Å². The molecule has 0 radical (unpaired) electrons. The van der Waals surface area contributed by atoms with Gasteiger partial charge in [-0.05, 0) is 65.5 Å². The number of Topliss-reactive ketones (excluding diaryl/α,β-unsaturated/α-hetero) is 2. The minimum Gasteiger partial charge on any atom is -0.390 e. The van der Waals surface area contributed by atoms with Crippen molar-refractivity contribution in [1.82, 2.24) is 20.2 Å². The van der Waals surface area contributed by atoms with Crippen LogP contribution in [0, 0.1) is 10.1 Å². The largest absolute Gasteiger partial charge is 0.434 e. The van der Waals surface area contributed by atoms with Crippen LogP contribution in [0.4, 0.5) is 5.95 Å². The summed E-state index contributed by atoms with van der Waals surface area (Å²) in [4.78, 5) is 37.8. The molecule has 0 amide bonds. The molecular formula is C18H31N5O4. The summed E-state index contributed by atoms with van der Waals surface area (Å²) in [7, 11) is 0. The van der Waals surface area contributed by atoms with Crippen molar-refractivity contribution in [2.45, 2.75) is 71.5 Å². The van der Waals surface area contributed by atoms with Crippen molar-refractivity contribution in [1.29, 1.82) is 0 Å². The first-order valence-electron chi connectivity index (χ1n) is 9.17. The average molecular weight is 381 g/mol. The molecule has 9 heteroatoms. The van der Waals surface area contributed by atoms with Gasteiger partial charge in [-0.15, -0.1) is 0 Å². The van der Waals surface area contributed by atoms with Gasteiger partial charge in [0.25, 0.3) is 0 Å². The number of nitrogens with zero attached hydrogens (tertiary/aromatic N) is 3. The summed E-state index contributed by atoms with van der Waals surface area (Å²) >= 11 is 0. The van der Waals surface area contributed by atoms with E-state index in [1.54, 1.807) is 20.8 Å². The smallest absolute Gasteiger partial charge is 0.390 e. The Labute approximate surface area is 160 Å². The molecule has 0 fully saturated rings. The predicted molar refractivity (Wildman–Crippen MR) is 103 cm³/mol. The molecule has 1 rings (SSSR count). The zero-order valence-electron chi connectivity index (χ0n) is 16.9. The van der Waals surface area contributed by atoms with E-state index in [2.05, 4.69) is 15.6 Å². The third-order valence-corrected chi connectivity index (χ3v) is 4.74. The zero-order valence-corrected chi connectivity index (χ0v) is 16.9. The summed E-state index contributed by atoms with van der Waals surface area (Å²) in [5.74, 6) is -0.365. The van der Waals surface area contributed by atoms with Crippen molar-refractivity contribution in [2.75, 3.05) is 13.1 Å². The first kappa shape index (κ1) is 22.9. The summed E-state index contributed by atoms with van der Waals surface area (Å²) in [5.41, 5.74) is -1.28. The highest BCUT2D eigenvalue weighted by atomic mass is 16.6. The van der Waals surface area contributed by atoms with Gasteiger partial charge in [0, 0.05) is 0 Å². The molecule has 27 heavy (non-hydrogen) atoms. The predicted octanol–water partition coefficient (Wildman–Crippen LogP) is 1.86. The van der Waals surface area contributed by atoms with Gasteiger partial charge in [-0.2, -0.15) is 0 Å². The number of aromatic nitrogens is 2. The number of carbonyl (C=O) groups is 2. The summed E-state index contributed by atoms with van der Waals surface area (Å²) in [6.45, 7) is 10.2. The molecule has 152 valence electrons. The third-order valence-electron chi connectivity index (χ3n) is 4.74. The van der Waals surface area contributed by atoms with Gasteiger partial charge in [0.15, 0.2) is 5.78 Å². The summed E-state index contributed by atoms with van der Waals surface area (Å²) in [5, 5.41) is 17.3. The van der Waals surface area contributed by atoms with Crippen molar-refractivity contribution in [3.8, 4) is 0 Å². The highest BCUT2D eigenvalue weighted by Gasteiger charge is 2.29. The van der Waals surface area contributed by atoms with E-state index in [1.165, 1.54) is 17.0 Å². The van der Waals surface area contributed by atoms with Crippen LogP contribution in [0.25, 0.3) is 0 Å². The lowest BCUT2D eigenvalue weighted by atomic mass is 9.98. The van der Waals surface area contributed by atoms with E-state index in [0.717, 1.165) is 25.8 Å². The quantitative estimate of drug-likeness (QED) is 0.304. The number of hydrogen-bond donors (Lipinski definition) is 2. The fourth-order valence-electron chi connectivity index (χ4n) is 2.40. The molecule has 0 unspecified atom stereocenters. The van der Waals surface area contributed by atoms with Crippen LogP contribution in [-0.2, 0) is 16.1 Å². The van der Waals surface area contributed by atoms with Crippen molar-refractivity contribution in [3.05, 3.63) is 22.5 Å². The SMILES string of the molecule is CC(=O)C(C)(C)NCCCCCNC(C)(C)C(=O)Cn1ccnc1[N+](=O)[O-].